The summed E-state index contributed by atoms with van der Waals surface area (Å²) in [4.78, 5) is 0. The van der Waals surface area contributed by atoms with Crippen LogP contribution >= 0.6 is 11.6 Å². The highest BCUT2D eigenvalue weighted by molar-refractivity contribution is 6.31. The van der Waals surface area contributed by atoms with Gasteiger partial charge in [-0.15, -0.1) is 0 Å². The van der Waals surface area contributed by atoms with Crippen molar-refractivity contribution < 1.29 is 0 Å². The molecule has 0 aliphatic rings. The molecular formula is C11H9ClN4. The maximum Gasteiger partial charge on any atom is 0.101 e. The van der Waals surface area contributed by atoms with Crippen LogP contribution in [0, 0.1) is 18.3 Å². The molecule has 4 nitrogen and oxygen atoms in total. The Labute approximate surface area is 97.9 Å². The Hall–Kier alpha value is -1.99. The van der Waals surface area contributed by atoms with Gasteiger partial charge < -0.3 is 5.73 Å². The number of hydrogen-bond acceptors (Lipinski definition) is 3. The fourth-order valence-electron chi connectivity index (χ4n) is 1.37. The topological polar surface area (TPSA) is 67.6 Å². The molecule has 0 atom stereocenters. The Balaban J connectivity index is 2.50. The summed E-state index contributed by atoms with van der Waals surface area (Å²) in [5.74, 6) is 0. The molecule has 0 spiro atoms. The molecule has 0 aliphatic heterocycles. The molecule has 0 aliphatic carbocycles. The lowest BCUT2D eigenvalue weighted by atomic mass is 10.2. The van der Waals surface area contributed by atoms with Crippen molar-refractivity contribution in [1.82, 2.24) is 9.78 Å². The molecule has 16 heavy (non-hydrogen) atoms. The minimum Gasteiger partial charge on any atom is -0.398 e. The van der Waals surface area contributed by atoms with Crippen LogP contribution in [0.15, 0.2) is 24.4 Å². The lowest BCUT2D eigenvalue weighted by Gasteiger charge is -2.03. The van der Waals surface area contributed by atoms with Crippen LogP contribution in [0.3, 0.4) is 0 Å². The maximum absolute atomic E-state index is 8.75. The van der Waals surface area contributed by atoms with Gasteiger partial charge in [0, 0.05) is 6.20 Å². The van der Waals surface area contributed by atoms with Gasteiger partial charge in [-0.2, -0.15) is 10.4 Å². The normalized spacial score (nSPS) is 10.1. The zero-order chi connectivity index (χ0) is 11.7. The molecule has 5 heteroatoms. The number of nitrogens with two attached hydrogens (primary N) is 1. The first-order valence-corrected chi connectivity index (χ1v) is 5.01. The summed E-state index contributed by atoms with van der Waals surface area (Å²) in [5, 5.41) is 13.6. The molecule has 1 aromatic carbocycles. The fourth-order valence-corrected chi connectivity index (χ4v) is 1.50. The van der Waals surface area contributed by atoms with Gasteiger partial charge in [0.15, 0.2) is 0 Å². The quantitative estimate of drug-likeness (QED) is 0.767. The van der Waals surface area contributed by atoms with Crippen LogP contribution in [0.2, 0.25) is 5.02 Å². The highest BCUT2D eigenvalue weighted by Gasteiger charge is 2.05. The van der Waals surface area contributed by atoms with Gasteiger partial charge >= 0.3 is 0 Å². The minimum absolute atomic E-state index is 0.435. The van der Waals surface area contributed by atoms with E-state index < -0.39 is 0 Å². The van der Waals surface area contributed by atoms with Crippen molar-refractivity contribution in [2.45, 2.75) is 6.92 Å². The Kier molecular flexibility index (Phi) is 2.55. The SMILES string of the molecule is Cc1nn(-c2ccc(C#N)c(N)c2)cc1Cl. The van der Waals surface area contributed by atoms with Crippen molar-refractivity contribution in [2.24, 2.45) is 0 Å². The summed E-state index contributed by atoms with van der Waals surface area (Å²) in [5.41, 5.74) is 8.15. The molecule has 0 saturated carbocycles. The molecule has 0 amide bonds. The molecule has 1 heterocycles. The van der Waals surface area contributed by atoms with Gasteiger partial charge in [-0.1, -0.05) is 11.6 Å². The number of nitrogen functional groups attached to an aromatic ring is 1. The number of anilines is 1. The monoisotopic (exact) mass is 232 g/mol. The number of aromatic nitrogens is 2. The Morgan fingerprint density at radius 2 is 2.25 bits per heavy atom. The van der Waals surface area contributed by atoms with Crippen LogP contribution in [0.1, 0.15) is 11.3 Å². The number of rotatable bonds is 1. The van der Waals surface area contributed by atoms with E-state index in [9.17, 15) is 0 Å². The predicted octanol–water partition coefficient (Wildman–Crippen LogP) is 2.29. The van der Waals surface area contributed by atoms with E-state index in [1.165, 1.54) is 0 Å². The number of hydrogen-bond donors (Lipinski definition) is 1. The summed E-state index contributed by atoms with van der Waals surface area (Å²) in [6, 6.07) is 7.14. The average molecular weight is 233 g/mol. The number of nitrogens with zero attached hydrogens (tertiary/aromatic N) is 3. The molecule has 0 radical (unpaired) electrons. The first kappa shape index (κ1) is 10.5. The van der Waals surface area contributed by atoms with E-state index in [-0.39, 0.29) is 0 Å². The second-order valence-corrected chi connectivity index (χ2v) is 3.80. The number of nitriles is 1. The van der Waals surface area contributed by atoms with E-state index in [2.05, 4.69) is 5.10 Å². The third-order valence-electron chi connectivity index (χ3n) is 2.26. The van der Waals surface area contributed by atoms with Crippen LogP contribution in [0.25, 0.3) is 5.69 Å². The van der Waals surface area contributed by atoms with Gasteiger partial charge in [-0.3, -0.25) is 0 Å². The smallest absolute Gasteiger partial charge is 0.101 e. The summed E-state index contributed by atoms with van der Waals surface area (Å²) >= 11 is 5.91. The summed E-state index contributed by atoms with van der Waals surface area (Å²) < 4.78 is 1.63. The van der Waals surface area contributed by atoms with Crippen LogP contribution in [-0.4, -0.2) is 9.78 Å². The Bertz CT molecular complexity index is 561. The van der Waals surface area contributed by atoms with E-state index in [0.29, 0.717) is 16.3 Å². The number of benzene rings is 1. The third kappa shape index (κ3) is 1.73. The van der Waals surface area contributed by atoms with E-state index in [4.69, 9.17) is 22.6 Å². The van der Waals surface area contributed by atoms with Crippen molar-refractivity contribution in [3.63, 3.8) is 0 Å². The summed E-state index contributed by atoms with van der Waals surface area (Å²) in [6.07, 6.45) is 1.71. The van der Waals surface area contributed by atoms with Crippen LogP contribution in [-0.2, 0) is 0 Å². The molecule has 80 valence electrons. The molecular weight excluding hydrogens is 224 g/mol. The van der Waals surface area contributed by atoms with Crippen molar-refractivity contribution >= 4 is 17.3 Å². The van der Waals surface area contributed by atoms with E-state index in [1.807, 2.05) is 13.0 Å². The van der Waals surface area contributed by atoms with Crippen molar-refractivity contribution in [1.29, 1.82) is 5.26 Å². The van der Waals surface area contributed by atoms with E-state index in [1.54, 1.807) is 29.1 Å². The third-order valence-corrected chi connectivity index (χ3v) is 2.63. The first-order valence-electron chi connectivity index (χ1n) is 4.63. The molecule has 0 fully saturated rings. The van der Waals surface area contributed by atoms with E-state index in [0.717, 1.165) is 11.4 Å². The highest BCUT2D eigenvalue weighted by Crippen LogP contribution is 2.19. The molecule has 1 aromatic heterocycles. The maximum atomic E-state index is 8.75. The van der Waals surface area contributed by atoms with Gasteiger partial charge in [-0.25, -0.2) is 4.68 Å². The minimum atomic E-state index is 0.435. The zero-order valence-corrected chi connectivity index (χ0v) is 9.36. The van der Waals surface area contributed by atoms with Gasteiger partial charge in [0.2, 0.25) is 0 Å². The average Bonchev–Trinajstić information content (AvgIpc) is 2.59. The molecule has 2 N–H and O–H groups in total. The fraction of sp³-hybridized carbons (Fsp3) is 0.0909. The Morgan fingerprint density at radius 3 is 2.75 bits per heavy atom. The second kappa shape index (κ2) is 3.87. The van der Waals surface area contributed by atoms with E-state index >= 15 is 0 Å². The summed E-state index contributed by atoms with van der Waals surface area (Å²) in [7, 11) is 0. The van der Waals surface area contributed by atoms with Gasteiger partial charge in [-0.05, 0) is 25.1 Å². The molecule has 0 unspecified atom stereocenters. The number of halogens is 1. The Morgan fingerprint density at radius 1 is 1.50 bits per heavy atom. The second-order valence-electron chi connectivity index (χ2n) is 3.39. The molecule has 2 aromatic rings. The van der Waals surface area contributed by atoms with Crippen LogP contribution in [0.4, 0.5) is 5.69 Å². The highest BCUT2D eigenvalue weighted by atomic mass is 35.5. The molecule has 0 bridgehead atoms. The van der Waals surface area contributed by atoms with Gasteiger partial charge in [0.05, 0.1) is 27.7 Å². The van der Waals surface area contributed by atoms with Gasteiger partial charge in [0.25, 0.3) is 0 Å². The molecule has 0 saturated heterocycles. The first-order chi connectivity index (χ1) is 7.61. The van der Waals surface area contributed by atoms with Gasteiger partial charge in [0.1, 0.15) is 6.07 Å². The lowest BCUT2D eigenvalue weighted by Crippen LogP contribution is -1.98. The number of aryl methyl sites for hydroxylation is 1. The van der Waals surface area contributed by atoms with Crippen LogP contribution < -0.4 is 5.73 Å². The van der Waals surface area contributed by atoms with Crippen molar-refractivity contribution in [3.8, 4) is 11.8 Å². The van der Waals surface area contributed by atoms with Crippen molar-refractivity contribution in [3.05, 3.63) is 40.7 Å². The molecule has 2 rings (SSSR count). The zero-order valence-electron chi connectivity index (χ0n) is 8.61. The van der Waals surface area contributed by atoms with Crippen molar-refractivity contribution in [2.75, 3.05) is 5.73 Å². The predicted molar refractivity (Wildman–Crippen MR) is 62.4 cm³/mol. The summed E-state index contributed by atoms with van der Waals surface area (Å²) in [6.45, 7) is 1.83. The largest absolute Gasteiger partial charge is 0.398 e. The standard InChI is InChI=1S/C11H9ClN4/c1-7-10(12)6-16(15-7)9-3-2-8(5-13)11(14)4-9/h2-4,6H,14H2,1H3. The lowest BCUT2D eigenvalue weighted by molar-refractivity contribution is 0.863. The van der Waals surface area contributed by atoms with Crippen LogP contribution in [0.5, 0.6) is 0 Å².